The Kier molecular flexibility index (Phi) is 6.92. The summed E-state index contributed by atoms with van der Waals surface area (Å²) in [4.78, 5) is 38.5. The number of hydrogen-bond donors (Lipinski definition) is 1. The molecule has 0 unspecified atom stereocenters. The molecule has 7 nitrogen and oxygen atoms in total. The van der Waals surface area contributed by atoms with E-state index in [0.29, 0.717) is 19.4 Å². The molecule has 24 heavy (non-hydrogen) atoms. The molecule has 1 amide bonds. The first-order chi connectivity index (χ1) is 11.1. The molecule has 0 spiro atoms. The molecule has 1 heterocycles. The van der Waals surface area contributed by atoms with Crippen LogP contribution in [0.15, 0.2) is 9.59 Å². The highest BCUT2D eigenvalue weighted by molar-refractivity contribution is 6.51. The monoisotopic (exact) mass is 378 g/mol. The third kappa shape index (κ3) is 3.78. The molecule has 0 atom stereocenters. The van der Waals surface area contributed by atoms with Crippen LogP contribution in [0.25, 0.3) is 0 Å². The molecule has 0 aromatic carbocycles. The van der Waals surface area contributed by atoms with Crippen LogP contribution in [0, 0.1) is 0 Å². The Morgan fingerprint density at radius 1 is 1.12 bits per heavy atom. The highest BCUT2D eigenvalue weighted by Crippen LogP contribution is 2.35. The summed E-state index contributed by atoms with van der Waals surface area (Å²) >= 11 is 12.5. The second-order valence-corrected chi connectivity index (χ2v) is 6.94. The number of amides is 1. The molecule has 0 fully saturated rings. The number of nitrogen functional groups attached to an aromatic ring is 1. The smallest absolute Gasteiger partial charge is 0.332 e. The van der Waals surface area contributed by atoms with Crippen molar-refractivity contribution in [3.8, 4) is 0 Å². The molecule has 0 aliphatic rings. The van der Waals surface area contributed by atoms with Gasteiger partial charge in [-0.2, -0.15) is 0 Å². The van der Waals surface area contributed by atoms with Gasteiger partial charge in [0, 0.05) is 20.0 Å². The summed E-state index contributed by atoms with van der Waals surface area (Å²) in [6.45, 7) is 7.17. The first-order valence-electron chi connectivity index (χ1n) is 7.95. The maximum atomic E-state index is 12.8. The van der Waals surface area contributed by atoms with Gasteiger partial charge in [-0.15, -0.1) is 0 Å². The number of halogens is 2. The average molecular weight is 379 g/mol. The zero-order valence-electron chi connectivity index (χ0n) is 14.4. The van der Waals surface area contributed by atoms with Gasteiger partial charge in [0.25, 0.3) is 5.56 Å². The molecule has 1 aromatic heterocycles. The van der Waals surface area contributed by atoms with Crippen LogP contribution in [-0.2, 0) is 17.9 Å². The summed E-state index contributed by atoms with van der Waals surface area (Å²) in [6.07, 6.45) is 1.38. The van der Waals surface area contributed by atoms with Crippen LogP contribution in [0.2, 0.25) is 0 Å². The topological polar surface area (TPSA) is 90.3 Å². The van der Waals surface area contributed by atoms with Crippen molar-refractivity contribution >= 4 is 40.6 Å². The van der Waals surface area contributed by atoms with Gasteiger partial charge in [0.1, 0.15) is 5.82 Å². The lowest BCUT2D eigenvalue weighted by Crippen LogP contribution is -2.50. The summed E-state index contributed by atoms with van der Waals surface area (Å²) in [6, 6.07) is 0. The maximum Gasteiger partial charge on any atom is 0.332 e. The first kappa shape index (κ1) is 20.6. The van der Waals surface area contributed by atoms with Crippen molar-refractivity contribution in [2.45, 2.75) is 64.5 Å². The third-order valence-corrected chi connectivity index (χ3v) is 4.50. The number of hydrogen-bond acceptors (Lipinski definition) is 4. The number of alkyl halides is 2. The van der Waals surface area contributed by atoms with Gasteiger partial charge >= 0.3 is 5.69 Å². The maximum absolute atomic E-state index is 12.8. The lowest BCUT2D eigenvalue weighted by molar-refractivity contribution is -0.116. The lowest BCUT2D eigenvalue weighted by Gasteiger charge is -2.33. The van der Waals surface area contributed by atoms with Crippen LogP contribution in [0.4, 0.5) is 11.5 Å². The summed E-state index contributed by atoms with van der Waals surface area (Å²) in [5.41, 5.74) is 4.74. The zero-order chi connectivity index (χ0) is 18.7. The molecule has 0 radical (unpaired) electrons. The van der Waals surface area contributed by atoms with Crippen LogP contribution in [0.5, 0.6) is 0 Å². The van der Waals surface area contributed by atoms with Crippen molar-refractivity contribution in [2.75, 3.05) is 10.6 Å². The Hall–Kier alpha value is -1.47. The third-order valence-electron chi connectivity index (χ3n) is 3.63. The van der Waals surface area contributed by atoms with Gasteiger partial charge in [0.2, 0.25) is 5.91 Å². The Morgan fingerprint density at radius 3 is 2.04 bits per heavy atom. The van der Waals surface area contributed by atoms with E-state index in [-0.39, 0.29) is 24.5 Å². The van der Waals surface area contributed by atoms with E-state index in [2.05, 4.69) is 0 Å². The number of anilines is 2. The van der Waals surface area contributed by atoms with Crippen LogP contribution in [0.1, 0.15) is 47.0 Å². The van der Waals surface area contributed by atoms with E-state index in [1.165, 1.54) is 11.5 Å². The lowest BCUT2D eigenvalue weighted by atomic mass is 10.3. The van der Waals surface area contributed by atoms with Gasteiger partial charge in [-0.25, -0.2) is 4.79 Å². The van der Waals surface area contributed by atoms with E-state index in [9.17, 15) is 14.4 Å². The quantitative estimate of drug-likeness (QED) is 0.582. The molecule has 1 aromatic rings. The largest absolute Gasteiger partial charge is 0.383 e. The van der Waals surface area contributed by atoms with E-state index >= 15 is 0 Å². The molecule has 2 N–H and O–H groups in total. The fraction of sp³-hybridized carbons (Fsp3) is 0.667. The predicted octanol–water partition coefficient (Wildman–Crippen LogP) is 2.31. The van der Waals surface area contributed by atoms with Crippen molar-refractivity contribution in [2.24, 2.45) is 0 Å². The highest BCUT2D eigenvalue weighted by atomic mass is 35.5. The van der Waals surface area contributed by atoms with Crippen LogP contribution >= 0.6 is 23.2 Å². The van der Waals surface area contributed by atoms with Gasteiger partial charge in [0.15, 0.2) is 10.1 Å². The van der Waals surface area contributed by atoms with Gasteiger partial charge in [-0.05, 0) is 19.3 Å². The molecule has 0 bridgehead atoms. The number of aromatic nitrogens is 2. The average Bonchev–Trinajstić information content (AvgIpc) is 2.51. The summed E-state index contributed by atoms with van der Waals surface area (Å²) in [5, 5.41) is 0. The Balaban J connectivity index is 3.89. The zero-order valence-corrected chi connectivity index (χ0v) is 15.9. The second-order valence-electron chi connectivity index (χ2n) is 5.50. The second kappa shape index (κ2) is 8.07. The van der Waals surface area contributed by atoms with Crippen molar-refractivity contribution in [3.63, 3.8) is 0 Å². The molecule has 1 rings (SSSR count). The predicted molar refractivity (Wildman–Crippen MR) is 97.8 cm³/mol. The van der Waals surface area contributed by atoms with Crippen molar-refractivity contribution in [1.29, 1.82) is 0 Å². The minimum absolute atomic E-state index is 0.103. The number of nitrogens with zero attached hydrogens (tertiary/aromatic N) is 3. The molecule has 0 saturated heterocycles. The fourth-order valence-corrected chi connectivity index (χ4v) is 2.89. The van der Waals surface area contributed by atoms with E-state index in [4.69, 9.17) is 28.9 Å². The number of rotatable bonds is 7. The minimum Gasteiger partial charge on any atom is -0.383 e. The van der Waals surface area contributed by atoms with Crippen molar-refractivity contribution in [1.82, 2.24) is 9.13 Å². The van der Waals surface area contributed by atoms with Crippen molar-refractivity contribution in [3.05, 3.63) is 20.8 Å². The number of carbonyl (C=O) groups excluding carboxylic acids is 1. The first-order valence-corrected chi connectivity index (χ1v) is 8.71. The fourth-order valence-electron chi connectivity index (χ4n) is 2.48. The molecule has 0 aliphatic heterocycles. The van der Waals surface area contributed by atoms with Gasteiger partial charge in [0.05, 0.1) is 0 Å². The SMILES string of the molecule is CCCn1c(N)c(N(C(C)=O)C(Cl)(Cl)CC)c(=O)n(CCC)c1=O. The molecule has 9 heteroatoms. The number of nitrogens with two attached hydrogens (primary N) is 1. The van der Waals surface area contributed by atoms with E-state index in [1.807, 2.05) is 13.8 Å². The normalized spacial score (nSPS) is 11.6. The van der Waals surface area contributed by atoms with Crippen LogP contribution < -0.4 is 21.9 Å². The Morgan fingerprint density at radius 2 is 1.62 bits per heavy atom. The summed E-state index contributed by atoms with van der Waals surface area (Å²) < 4.78 is 0.705. The van der Waals surface area contributed by atoms with Gasteiger partial charge < -0.3 is 5.73 Å². The minimum atomic E-state index is -1.64. The van der Waals surface area contributed by atoms with Gasteiger partial charge in [-0.3, -0.25) is 23.6 Å². The molecule has 0 aliphatic carbocycles. The van der Waals surface area contributed by atoms with Crippen LogP contribution in [0.3, 0.4) is 0 Å². The Bertz CT molecular complexity index is 725. The molecular formula is C15H24Cl2N4O3. The highest BCUT2D eigenvalue weighted by Gasteiger charge is 2.38. The molecule has 0 saturated carbocycles. The molecule has 136 valence electrons. The standard InChI is InChI=1S/C15H24Cl2N4O3/c1-5-8-19-12(18)11(13(23)20(9-6-2)14(19)24)21(10(4)22)15(16,17)7-3/h5-9,18H2,1-4H3. The van der Waals surface area contributed by atoms with E-state index in [0.717, 1.165) is 9.47 Å². The molecular weight excluding hydrogens is 355 g/mol. The van der Waals surface area contributed by atoms with Gasteiger partial charge in [-0.1, -0.05) is 44.0 Å². The summed E-state index contributed by atoms with van der Waals surface area (Å²) in [5.74, 6) is -0.635. The van der Waals surface area contributed by atoms with E-state index in [1.54, 1.807) is 6.92 Å². The summed E-state index contributed by atoms with van der Waals surface area (Å²) in [7, 11) is 0. The van der Waals surface area contributed by atoms with E-state index < -0.39 is 21.6 Å². The van der Waals surface area contributed by atoms with Crippen molar-refractivity contribution < 1.29 is 4.79 Å². The Labute approximate surface area is 150 Å². The van der Waals surface area contributed by atoms with Crippen LogP contribution in [-0.4, -0.2) is 19.5 Å². The number of carbonyl (C=O) groups is 1.